The molecule has 0 aromatic heterocycles. The fraction of sp³-hybridized carbons (Fsp3) is 0. The van der Waals surface area contributed by atoms with Crippen LogP contribution in [0.2, 0.25) is 0 Å². The largest absolute Gasteiger partial charge is 0.478 e. The van der Waals surface area contributed by atoms with Crippen LogP contribution in [0.25, 0.3) is 0 Å². The van der Waals surface area contributed by atoms with Crippen LogP contribution in [0.5, 0.6) is 23.0 Å². The van der Waals surface area contributed by atoms with Gasteiger partial charge in [0.2, 0.25) is 0 Å². The van der Waals surface area contributed by atoms with Crippen LogP contribution in [-0.2, 0) is 0 Å². The molecule has 12 heteroatoms. The molecular weight excluding hydrogens is 620 g/mol. The number of rotatable bonds is 8. The number of anilines is 2. The third-order valence-corrected chi connectivity index (χ3v) is 7.78. The second kappa shape index (κ2) is 11.4. The van der Waals surface area contributed by atoms with E-state index in [4.69, 9.17) is 9.47 Å². The van der Waals surface area contributed by atoms with E-state index in [0.717, 1.165) is 9.80 Å². The molecule has 0 atom stereocenters. The lowest BCUT2D eigenvalue weighted by molar-refractivity contribution is 0.0683. The highest BCUT2D eigenvalue weighted by Crippen LogP contribution is 2.35. The highest BCUT2D eigenvalue weighted by atomic mass is 16.5. The minimum Gasteiger partial charge on any atom is -0.478 e. The second-order valence-corrected chi connectivity index (χ2v) is 10.6. The Morgan fingerprint density at radius 2 is 0.750 bits per heavy atom. The number of carbonyl (C=O) groups is 6. The van der Waals surface area contributed by atoms with E-state index in [9.17, 15) is 39.0 Å². The molecule has 2 aliphatic rings. The van der Waals surface area contributed by atoms with E-state index in [1.165, 1.54) is 60.7 Å². The van der Waals surface area contributed by atoms with Gasteiger partial charge in [0.15, 0.2) is 0 Å². The van der Waals surface area contributed by atoms with Gasteiger partial charge in [-0.25, -0.2) is 19.4 Å². The van der Waals surface area contributed by atoms with Gasteiger partial charge in [0.1, 0.15) is 23.0 Å². The van der Waals surface area contributed by atoms with Crippen molar-refractivity contribution in [3.8, 4) is 23.0 Å². The third kappa shape index (κ3) is 4.90. The number of carboxylic acids is 2. The first kappa shape index (κ1) is 29.6. The molecule has 0 bridgehead atoms. The number of imide groups is 2. The molecule has 7 rings (SSSR count). The molecule has 2 N–H and O–H groups in total. The molecular formula is C36H20N2O10. The Hall–Kier alpha value is -7.08. The van der Waals surface area contributed by atoms with Gasteiger partial charge in [0.25, 0.3) is 23.6 Å². The van der Waals surface area contributed by atoms with Gasteiger partial charge in [-0.3, -0.25) is 19.2 Å². The fourth-order valence-electron chi connectivity index (χ4n) is 5.57. The summed E-state index contributed by atoms with van der Waals surface area (Å²) in [5, 5.41) is 18.9. The molecule has 0 saturated heterocycles. The van der Waals surface area contributed by atoms with Crippen molar-refractivity contribution in [2.24, 2.45) is 0 Å². The first-order chi connectivity index (χ1) is 23.1. The summed E-state index contributed by atoms with van der Waals surface area (Å²) in [5.41, 5.74) is -0.205. The summed E-state index contributed by atoms with van der Waals surface area (Å²) >= 11 is 0. The van der Waals surface area contributed by atoms with Gasteiger partial charge in [-0.15, -0.1) is 0 Å². The first-order valence-electron chi connectivity index (χ1n) is 14.3. The molecule has 12 nitrogen and oxygen atoms in total. The van der Waals surface area contributed by atoms with Gasteiger partial charge in [0, 0.05) is 0 Å². The number of fused-ring (bicyclic) bond motifs is 2. The molecule has 48 heavy (non-hydrogen) atoms. The second-order valence-electron chi connectivity index (χ2n) is 10.6. The van der Waals surface area contributed by atoms with Crippen LogP contribution in [0.15, 0.2) is 109 Å². The van der Waals surface area contributed by atoms with Gasteiger partial charge < -0.3 is 19.7 Å². The summed E-state index contributed by atoms with van der Waals surface area (Å²) in [6.45, 7) is 0. The maximum Gasteiger partial charge on any atom is 0.336 e. The van der Waals surface area contributed by atoms with Crippen LogP contribution in [0.4, 0.5) is 11.4 Å². The van der Waals surface area contributed by atoms with E-state index < -0.39 is 35.6 Å². The van der Waals surface area contributed by atoms with Crippen LogP contribution in [0.1, 0.15) is 62.1 Å². The van der Waals surface area contributed by atoms with Crippen LogP contribution >= 0.6 is 0 Å². The molecule has 0 fully saturated rings. The number of aromatic carboxylic acids is 2. The Kier molecular flexibility index (Phi) is 7.02. The quantitative estimate of drug-likeness (QED) is 0.185. The molecule has 4 amide bonds. The topological polar surface area (TPSA) is 168 Å². The summed E-state index contributed by atoms with van der Waals surface area (Å²) < 4.78 is 11.8. The van der Waals surface area contributed by atoms with Crippen molar-refractivity contribution in [2.45, 2.75) is 0 Å². The van der Waals surface area contributed by atoms with E-state index >= 15 is 0 Å². The monoisotopic (exact) mass is 640 g/mol. The molecule has 5 aromatic rings. The van der Waals surface area contributed by atoms with Gasteiger partial charge >= 0.3 is 11.9 Å². The number of benzene rings is 5. The Morgan fingerprint density at radius 1 is 0.438 bits per heavy atom. The van der Waals surface area contributed by atoms with Crippen LogP contribution in [0, 0.1) is 0 Å². The molecule has 0 unspecified atom stereocenters. The highest BCUT2D eigenvalue weighted by Gasteiger charge is 2.41. The zero-order valence-corrected chi connectivity index (χ0v) is 24.4. The lowest BCUT2D eigenvalue weighted by atomic mass is 10.0. The minimum absolute atomic E-state index is 0.0253. The number of ether oxygens (including phenoxy) is 2. The SMILES string of the molecule is O=C(O)c1cccc2c1C(=O)N(c1ccc(Oc3ccc(Oc4ccc(N5C(=O)c6cccc(C(=O)O)c6C5=O)cc4)cc3)cc1)C2=O. The number of hydrogen-bond donors (Lipinski definition) is 2. The number of nitrogens with zero attached hydrogens (tertiary/aromatic N) is 2. The number of carbonyl (C=O) groups excluding carboxylic acids is 4. The summed E-state index contributed by atoms with van der Waals surface area (Å²) in [6.07, 6.45) is 0. The Balaban J connectivity index is 0.999. The third-order valence-electron chi connectivity index (χ3n) is 7.78. The van der Waals surface area contributed by atoms with Crippen LogP contribution in [0.3, 0.4) is 0 Å². The van der Waals surface area contributed by atoms with Gasteiger partial charge in [-0.05, 0) is 97.1 Å². The van der Waals surface area contributed by atoms with Gasteiger partial charge in [-0.1, -0.05) is 12.1 Å². The molecule has 0 radical (unpaired) electrons. The molecule has 5 aromatic carbocycles. The predicted octanol–water partition coefficient (Wildman–Crippen LogP) is 6.27. The van der Waals surface area contributed by atoms with Crippen molar-refractivity contribution in [1.82, 2.24) is 0 Å². The van der Waals surface area contributed by atoms with Crippen molar-refractivity contribution < 1.29 is 48.5 Å². The summed E-state index contributed by atoms with van der Waals surface area (Å²) in [4.78, 5) is 76.8. The van der Waals surface area contributed by atoms with E-state index in [-0.39, 0.29) is 44.8 Å². The van der Waals surface area contributed by atoms with Crippen LogP contribution in [-0.4, -0.2) is 45.8 Å². The van der Waals surface area contributed by atoms with Crippen molar-refractivity contribution in [2.75, 3.05) is 9.80 Å². The molecule has 2 aliphatic heterocycles. The summed E-state index contributed by atoms with van der Waals surface area (Å²) in [5.74, 6) is -3.52. The molecule has 234 valence electrons. The molecule has 0 aliphatic carbocycles. The Bertz CT molecular complexity index is 2050. The Labute approximate surface area is 270 Å². The molecule has 2 heterocycles. The van der Waals surface area contributed by atoms with E-state index in [2.05, 4.69) is 0 Å². The lowest BCUT2D eigenvalue weighted by Gasteiger charge is -2.15. The van der Waals surface area contributed by atoms with Crippen molar-refractivity contribution in [1.29, 1.82) is 0 Å². The molecule has 0 spiro atoms. The van der Waals surface area contributed by atoms with Crippen molar-refractivity contribution >= 4 is 46.9 Å². The normalized spacial score (nSPS) is 13.4. The number of amides is 4. The fourth-order valence-corrected chi connectivity index (χ4v) is 5.57. The Morgan fingerprint density at radius 3 is 1.06 bits per heavy atom. The maximum atomic E-state index is 13.0. The summed E-state index contributed by atoms with van der Waals surface area (Å²) in [6, 6.07) is 27.2. The van der Waals surface area contributed by atoms with Gasteiger partial charge in [-0.2, -0.15) is 0 Å². The zero-order chi connectivity index (χ0) is 33.7. The van der Waals surface area contributed by atoms with Gasteiger partial charge in [0.05, 0.1) is 44.8 Å². The zero-order valence-electron chi connectivity index (χ0n) is 24.4. The van der Waals surface area contributed by atoms with E-state index in [1.807, 2.05) is 0 Å². The lowest BCUT2D eigenvalue weighted by Crippen LogP contribution is -2.29. The number of carboxylic acid groups (broad SMARTS) is 2. The van der Waals surface area contributed by atoms with Crippen molar-refractivity contribution in [3.63, 3.8) is 0 Å². The van der Waals surface area contributed by atoms with Crippen molar-refractivity contribution in [3.05, 3.63) is 143 Å². The standard InChI is InChI=1S/C36H20N2O10/c39-31-25-3-1-5-27(35(43)44)29(25)33(41)37(31)19-7-11-21(12-8-19)47-23-15-17-24(18-16-23)48-22-13-9-20(10-14-22)38-32(40)26-4-2-6-28(36(45)46)30(26)34(38)42/h1-18H,(H,43,44)(H,45,46). The average molecular weight is 641 g/mol. The molecule has 0 saturated carbocycles. The van der Waals surface area contributed by atoms with E-state index in [0.29, 0.717) is 23.0 Å². The van der Waals surface area contributed by atoms with E-state index in [1.54, 1.807) is 48.5 Å². The first-order valence-corrected chi connectivity index (χ1v) is 14.3. The number of hydrogen-bond acceptors (Lipinski definition) is 8. The smallest absolute Gasteiger partial charge is 0.336 e. The predicted molar refractivity (Wildman–Crippen MR) is 169 cm³/mol. The highest BCUT2D eigenvalue weighted by molar-refractivity contribution is 6.37. The average Bonchev–Trinajstić information content (AvgIpc) is 3.50. The maximum absolute atomic E-state index is 13.0. The van der Waals surface area contributed by atoms with Crippen LogP contribution < -0.4 is 19.3 Å². The minimum atomic E-state index is -1.30. The summed E-state index contributed by atoms with van der Waals surface area (Å²) in [7, 11) is 0.